The second kappa shape index (κ2) is 8.16. The summed E-state index contributed by atoms with van der Waals surface area (Å²) < 4.78 is 0. The Balaban J connectivity index is 1.52. The lowest BCUT2D eigenvalue weighted by atomic mass is 9.84. The predicted molar refractivity (Wildman–Crippen MR) is 95.0 cm³/mol. The van der Waals surface area contributed by atoms with Crippen LogP contribution in [0.5, 0.6) is 0 Å². The van der Waals surface area contributed by atoms with Gasteiger partial charge < -0.3 is 4.84 Å². The number of halogens is 1. The van der Waals surface area contributed by atoms with Crippen molar-refractivity contribution >= 4 is 17.8 Å². The molecule has 0 spiro atoms. The van der Waals surface area contributed by atoms with Crippen LogP contribution in [0.2, 0.25) is 5.02 Å². The maximum absolute atomic E-state index is 6.07. The van der Waals surface area contributed by atoms with Crippen molar-refractivity contribution in [3.63, 3.8) is 0 Å². The lowest BCUT2D eigenvalue weighted by molar-refractivity contribution is 0.132. The topological polar surface area (TPSA) is 21.6 Å². The molecule has 1 aliphatic carbocycles. The van der Waals surface area contributed by atoms with Crippen molar-refractivity contribution < 1.29 is 4.84 Å². The van der Waals surface area contributed by atoms with Gasteiger partial charge in [0.1, 0.15) is 12.8 Å². The van der Waals surface area contributed by atoms with E-state index in [4.69, 9.17) is 16.4 Å². The molecule has 0 saturated heterocycles. The summed E-state index contributed by atoms with van der Waals surface area (Å²) in [6.45, 7) is 0.354. The highest BCUT2D eigenvalue weighted by atomic mass is 35.5. The first kappa shape index (κ1) is 16.1. The molecule has 0 amide bonds. The quantitative estimate of drug-likeness (QED) is 0.501. The van der Waals surface area contributed by atoms with E-state index in [2.05, 4.69) is 35.6 Å². The molecule has 0 aliphatic heterocycles. The van der Waals surface area contributed by atoms with Gasteiger partial charge in [0.05, 0.1) is 0 Å². The van der Waals surface area contributed by atoms with Crippen LogP contribution in [0.1, 0.15) is 54.7 Å². The molecule has 1 saturated carbocycles. The zero-order valence-electron chi connectivity index (χ0n) is 13.2. The van der Waals surface area contributed by atoms with Crippen molar-refractivity contribution in [2.45, 2.75) is 44.6 Å². The summed E-state index contributed by atoms with van der Waals surface area (Å²) in [6, 6.07) is 16.1. The van der Waals surface area contributed by atoms with E-state index < -0.39 is 0 Å². The fourth-order valence-electron chi connectivity index (χ4n) is 3.07. The summed E-state index contributed by atoms with van der Waals surface area (Å²) >= 11 is 6.07. The third-order valence-electron chi connectivity index (χ3n) is 4.40. The monoisotopic (exact) mass is 326 g/mol. The Morgan fingerprint density at radius 3 is 2.48 bits per heavy atom. The molecule has 0 bridgehead atoms. The maximum atomic E-state index is 6.07. The summed E-state index contributed by atoms with van der Waals surface area (Å²) in [5.41, 5.74) is 3.29. The zero-order chi connectivity index (χ0) is 15.9. The average molecular weight is 327 g/mol. The fourth-order valence-corrected chi connectivity index (χ4v) is 3.26. The highest BCUT2D eigenvalue weighted by molar-refractivity contribution is 6.31. The van der Waals surface area contributed by atoms with Crippen LogP contribution >= 0.6 is 11.6 Å². The summed E-state index contributed by atoms with van der Waals surface area (Å²) in [5.74, 6) is 0.728. The van der Waals surface area contributed by atoms with Crippen LogP contribution in [0, 0.1) is 0 Å². The van der Waals surface area contributed by atoms with Crippen LogP contribution in [-0.4, -0.2) is 6.21 Å². The summed E-state index contributed by atoms with van der Waals surface area (Å²) in [4.78, 5) is 5.28. The minimum atomic E-state index is 0.354. The van der Waals surface area contributed by atoms with Crippen molar-refractivity contribution in [2.24, 2.45) is 5.16 Å². The second-order valence-corrected chi connectivity index (χ2v) is 6.43. The molecule has 2 aromatic carbocycles. The van der Waals surface area contributed by atoms with Crippen molar-refractivity contribution in [1.82, 2.24) is 0 Å². The molecule has 23 heavy (non-hydrogen) atoms. The van der Waals surface area contributed by atoms with E-state index in [0.717, 1.165) is 17.0 Å². The van der Waals surface area contributed by atoms with Gasteiger partial charge in [-0.1, -0.05) is 78.5 Å². The molecule has 0 heterocycles. The van der Waals surface area contributed by atoms with Gasteiger partial charge in [-0.3, -0.25) is 0 Å². The highest BCUT2D eigenvalue weighted by Gasteiger charge is 2.14. The van der Waals surface area contributed by atoms with Crippen molar-refractivity contribution in [1.29, 1.82) is 0 Å². The summed E-state index contributed by atoms with van der Waals surface area (Å²) in [5, 5.41) is 4.61. The Labute approximate surface area is 143 Å². The standard InChI is InChI=1S/C20H21ClNO/c21-20-9-5-4-8-19(20)15-23-22-14-16-10-12-18(13-11-16)17-6-2-1-3-7-17/h4-5,8-13,17H,1-3,6-7,15H2. The molecule has 119 valence electrons. The summed E-state index contributed by atoms with van der Waals surface area (Å²) in [6.07, 6.45) is 9.66. The molecule has 1 radical (unpaired) electrons. The van der Waals surface area contributed by atoms with Crippen molar-refractivity contribution in [3.8, 4) is 0 Å². The van der Waals surface area contributed by atoms with Gasteiger partial charge in [0.25, 0.3) is 0 Å². The molecular formula is C20H21ClNO. The molecule has 1 aliphatic rings. The first-order valence-electron chi connectivity index (χ1n) is 8.24. The van der Waals surface area contributed by atoms with E-state index in [1.165, 1.54) is 37.7 Å². The smallest absolute Gasteiger partial charge is 0.143 e. The van der Waals surface area contributed by atoms with Gasteiger partial charge >= 0.3 is 0 Å². The Bertz CT molecular complexity index is 645. The molecule has 3 heteroatoms. The molecule has 2 nitrogen and oxygen atoms in total. The minimum absolute atomic E-state index is 0.354. The SMILES string of the molecule is Clc1ccccc1CO/N=[C]\c1ccc(C2CCCCC2)cc1. The molecule has 0 unspecified atom stereocenters. The Morgan fingerprint density at radius 1 is 1.00 bits per heavy atom. The van der Waals surface area contributed by atoms with Gasteiger partial charge in [0.15, 0.2) is 0 Å². The molecule has 0 atom stereocenters. The third kappa shape index (κ3) is 4.59. The highest BCUT2D eigenvalue weighted by Crippen LogP contribution is 2.32. The first-order valence-corrected chi connectivity index (χ1v) is 8.62. The number of benzene rings is 2. The van der Waals surface area contributed by atoms with Crippen molar-refractivity contribution in [3.05, 3.63) is 70.2 Å². The second-order valence-electron chi connectivity index (χ2n) is 6.02. The van der Waals surface area contributed by atoms with E-state index in [0.29, 0.717) is 11.6 Å². The first-order chi connectivity index (χ1) is 11.3. The van der Waals surface area contributed by atoms with Crippen LogP contribution in [0.25, 0.3) is 0 Å². The van der Waals surface area contributed by atoms with Gasteiger partial charge in [-0.25, -0.2) is 0 Å². The average Bonchev–Trinajstić information content (AvgIpc) is 2.61. The lowest BCUT2D eigenvalue weighted by Gasteiger charge is -2.21. The predicted octanol–water partition coefficient (Wildman–Crippen LogP) is 5.82. The Hall–Kier alpha value is -1.80. The molecule has 3 rings (SSSR count). The van der Waals surface area contributed by atoms with Crippen LogP contribution in [0.15, 0.2) is 53.7 Å². The van der Waals surface area contributed by atoms with Gasteiger partial charge in [-0.2, -0.15) is 0 Å². The largest absolute Gasteiger partial charge is 0.390 e. The maximum Gasteiger partial charge on any atom is 0.143 e. The zero-order valence-corrected chi connectivity index (χ0v) is 13.9. The fraction of sp³-hybridized carbons (Fsp3) is 0.350. The number of hydrogen-bond donors (Lipinski definition) is 0. The van der Waals surface area contributed by atoms with E-state index in [9.17, 15) is 0 Å². The number of rotatable bonds is 5. The lowest BCUT2D eigenvalue weighted by Crippen LogP contribution is -2.04. The van der Waals surface area contributed by atoms with Gasteiger partial charge in [-0.05, 0) is 30.4 Å². The Kier molecular flexibility index (Phi) is 5.71. The van der Waals surface area contributed by atoms with E-state index in [1.54, 1.807) is 0 Å². The van der Waals surface area contributed by atoms with Gasteiger partial charge in [0, 0.05) is 16.1 Å². The molecule has 1 fully saturated rings. The van der Waals surface area contributed by atoms with Crippen LogP contribution in [0.4, 0.5) is 0 Å². The van der Waals surface area contributed by atoms with Crippen LogP contribution in [-0.2, 0) is 11.4 Å². The minimum Gasteiger partial charge on any atom is -0.390 e. The molecular weight excluding hydrogens is 306 g/mol. The summed E-state index contributed by atoms with van der Waals surface area (Å²) in [7, 11) is 0. The molecule has 0 N–H and O–H groups in total. The molecule has 0 aromatic heterocycles. The Morgan fingerprint density at radius 2 is 1.74 bits per heavy atom. The van der Waals surface area contributed by atoms with E-state index in [1.807, 2.05) is 24.3 Å². The number of hydrogen-bond acceptors (Lipinski definition) is 2. The van der Waals surface area contributed by atoms with Crippen LogP contribution in [0.3, 0.4) is 0 Å². The van der Waals surface area contributed by atoms with E-state index in [-0.39, 0.29) is 0 Å². The molecule has 2 aromatic rings. The normalized spacial score (nSPS) is 15.9. The van der Waals surface area contributed by atoms with Gasteiger partial charge in [-0.15, -0.1) is 0 Å². The van der Waals surface area contributed by atoms with Crippen molar-refractivity contribution in [2.75, 3.05) is 0 Å². The third-order valence-corrected chi connectivity index (χ3v) is 4.77. The van der Waals surface area contributed by atoms with Crippen LogP contribution < -0.4 is 0 Å². The van der Waals surface area contributed by atoms with E-state index >= 15 is 0 Å². The van der Waals surface area contributed by atoms with Gasteiger partial charge in [0.2, 0.25) is 0 Å². The number of nitrogens with zero attached hydrogens (tertiary/aromatic N) is 1.